The predicted octanol–water partition coefficient (Wildman–Crippen LogP) is 3.82. The van der Waals surface area contributed by atoms with Gasteiger partial charge in [0.05, 0.1) is 12.8 Å². The maximum Gasteiger partial charge on any atom is 0.401 e. The summed E-state index contributed by atoms with van der Waals surface area (Å²) in [4.78, 5) is 6.18. The largest absolute Gasteiger partial charge is 0.469 e. The molecule has 0 aliphatic carbocycles. The number of hydrogen-bond donors (Lipinski definition) is 2. The maximum atomic E-state index is 12.5. The Morgan fingerprint density at radius 1 is 1.36 bits per heavy atom. The van der Waals surface area contributed by atoms with Gasteiger partial charge in [0, 0.05) is 25.6 Å². The van der Waals surface area contributed by atoms with Crippen molar-refractivity contribution in [3.8, 4) is 0 Å². The minimum absolute atomic E-state index is 0.320. The van der Waals surface area contributed by atoms with E-state index >= 15 is 0 Å². The van der Waals surface area contributed by atoms with Gasteiger partial charge in [-0.3, -0.25) is 9.89 Å². The van der Waals surface area contributed by atoms with Gasteiger partial charge >= 0.3 is 6.18 Å². The van der Waals surface area contributed by atoms with Gasteiger partial charge in [0.25, 0.3) is 0 Å². The van der Waals surface area contributed by atoms with Crippen molar-refractivity contribution in [2.45, 2.75) is 58.2 Å². The molecule has 1 fully saturated rings. The number of alkyl halides is 3. The van der Waals surface area contributed by atoms with E-state index in [0.29, 0.717) is 31.6 Å². The molecule has 28 heavy (non-hydrogen) atoms. The maximum absolute atomic E-state index is 12.5. The van der Waals surface area contributed by atoms with E-state index in [0.717, 1.165) is 50.4 Å². The predicted molar refractivity (Wildman–Crippen MR) is 105 cm³/mol. The quantitative estimate of drug-likeness (QED) is 0.487. The SMILES string of the molecule is CCC(C)NC(=NCCC1CCN(CC(F)(F)F)CC1)NCCc1ccco1. The van der Waals surface area contributed by atoms with Gasteiger partial charge in [-0.1, -0.05) is 6.92 Å². The second-order valence-corrected chi connectivity index (χ2v) is 7.56. The molecule has 1 aliphatic rings. The minimum Gasteiger partial charge on any atom is -0.469 e. The zero-order valence-corrected chi connectivity index (χ0v) is 16.9. The Kier molecular flexibility index (Phi) is 9.15. The standard InChI is InChI=1S/C20H33F3N4O/c1-3-16(2)26-19(25-11-7-18-5-4-14-28-18)24-10-6-17-8-12-27(13-9-17)15-20(21,22)23/h4-5,14,16-17H,3,6-13,15H2,1-2H3,(H2,24,25,26). The highest BCUT2D eigenvalue weighted by molar-refractivity contribution is 5.80. The topological polar surface area (TPSA) is 52.8 Å². The third kappa shape index (κ3) is 8.99. The molecule has 5 nitrogen and oxygen atoms in total. The molecule has 1 aromatic rings. The Hall–Kier alpha value is -1.70. The molecule has 2 heterocycles. The first-order valence-electron chi connectivity index (χ1n) is 10.2. The van der Waals surface area contributed by atoms with Crippen LogP contribution in [0.5, 0.6) is 0 Å². The number of nitrogens with zero attached hydrogens (tertiary/aromatic N) is 2. The van der Waals surface area contributed by atoms with Crippen LogP contribution >= 0.6 is 0 Å². The second kappa shape index (κ2) is 11.3. The van der Waals surface area contributed by atoms with E-state index in [1.54, 1.807) is 6.26 Å². The van der Waals surface area contributed by atoms with Crippen LogP contribution < -0.4 is 10.6 Å². The highest BCUT2D eigenvalue weighted by atomic mass is 19.4. The number of nitrogens with one attached hydrogen (secondary N) is 2. The summed E-state index contributed by atoms with van der Waals surface area (Å²) in [6, 6.07) is 4.15. The molecule has 1 aliphatic heterocycles. The van der Waals surface area contributed by atoms with Crippen molar-refractivity contribution < 1.29 is 17.6 Å². The number of rotatable bonds is 9. The summed E-state index contributed by atoms with van der Waals surface area (Å²) in [6.07, 6.45) is 1.88. The van der Waals surface area contributed by atoms with Crippen LogP contribution in [0.15, 0.2) is 27.8 Å². The minimum atomic E-state index is -4.10. The lowest BCUT2D eigenvalue weighted by Crippen LogP contribution is -2.43. The molecule has 0 radical (unpaired) electrons. The summed E-state index contributed by atoms with van der Waals surface area (Å²) >= 11 is 0. The highest BCUT2D eigenvalue weighted by Crippen LogP contribution is 2.24. The van der Waals surface area contributed by atoms with Crippen molar-refractivity contribution in [3.05, 3.63) is 24.2 Å². The lowest BCUT2D eigenvalue weighted by Gasteiger charge is -2.32. The number of aliphatic imine (C=N–C) groups is 1. The summed E-state index contributed by atoms with van der Waals surface area (Å²) in [6.45, 7) is 5.88. The molecule has 1 aromatic heterocycles. The number of furan rings is 1. The zero-order chi connectivity index (χ0) is 20.4. The third-order valence-corrected chi connectivity index (χ3v) is 5.16. The monoisotopic (exact) mass is 402 g/mol. The van der Waals surface area contributed by atoms with Crippen molar-refractivity contribution in [1.82, 2.24) is 15.5 Å². The summed E-state index contributed by atoms with van der Waals surface area (Å²) in [7, 11) is 0. The fourth-order valence-electron chi connectivity index (χ4n) is 3.29. The van der Waals surface area contributed by atoms with Crippen LogP contribution in [0.1, 0.15) is 45.3 Å². The molecule has 1 atom stereocenters. The molecule has 0 spiro atoms. The average molecular weight is 403 g/mol. The van der Waals surface area contributed by atoms with Gasteiger partial charge in [-0.25, -0.2) is 0 Å². The molecule has 1 saturated heterocycles. The van der Waals surface area contributed by atoms with Gasteiger partial charge < -0.3 is 15.1 Å². The van der Waals surface area contributed by atoms with Crippen LogP contribution in [-0.2, 0) is 6.42 Å². The molecule has 0 saturated carbocycles. The van der Waals surface area contributed by atoms with E-state index in [1.165, 1.54) is 4.90 Å². The van der Waals surface area contributed by atoms with E-state index in [4.69, 9.17) is 4.42 Å². The van der Waals surface area contributed by atoms with Crippen LogP contribution in [0.2, 0.25) is 0 Å². The Morgan fingerprint density at radius 2 is 2.11 bits per heavy atom. The summed E-state index contributed by atoms with van der Waals surface area (Å²) in [5, 5.41) is 6.73. The smallest absolute Gasteiger partial charge is 0.401 e. The van der Waals surface area contributed by atoms with E-state index < -0.39 is 12.7 Å². The van der Waals surface area contributed by atoms with E-state index in [1.807, 2.05) is 12.1 Å². The van der Waals surface area contributed by atoms with Crippen LogP contribution in [0, 0.1) is 5.92 Å². The lowest BCUT2D eigenvalue weighted by atomic mass is 9.93. The number of hydrogen-bond acceptors (Lipinski definition) is 3. The Balaban J connectivity index is 1.73. The van der Waals surface area contributed by atoms with E-state index in [2.05, 4.69) is 29.5 Å². The molecule has 1 unspecified atom stereocenters. The Morgan fingerprint density at radius 3 is 2.71 bits per heavy atom. The molecule has 8 heteroatoms. The number of piperidine rings is 1. The summed E-state index contributed by atoms with van der Waals surface area (Å²) in [5.41, 5.74) is 0. The normalized spacial score (nSPS) is 18.2. The van der Waals surface area contributed by atoms with Crippen molar-refractivity contribution in [3.63, 3.8) is 0 Å². The van der Waals surface area contributed by atoms with Crippen molar-refractivity contribution >= 4 is 5.96 Å². The first-order chi connectivity index (χ1) is 13.4. The number of halogens is 3. The van der Waals surface area contributed by atoms with Gasteiger partial charge in [0.2, 0.25) is 0 Å². The van der Waals surface area contributed by atoms with Crippen LogP contribution in [0.3, 0.4) is 0 Å². The first kappa shape index (κ1) is 22.6. The third-order valence-electron chi connectivity index (χ3n) is 5.16. The number of likely N-dealkylation sites (tertiary alicyclic amines) is 1. The van der Waals surface area contributed by atoms with Crippen molar-refractivity contribution in [2.75, 3.05) is 32.7 Å². The van der Waals surface area contributed by atoms with Crippen LogP contribution in [0.4, 0.5) is 13.2 Å². The van der Waals surface area contributed by atoms with Crippen LogP contribution in [0.25, 0.3) is 0 Å². The fraction of sp³-hybridized carbons (Fsp3) is 0.750. The molecular formula is C20H33F3N4O. The molecule has 0 bridgehead atoms. The van der Waals surface area contributed by atoms with Gasteiger partial charge in [-0.2, -0.15) is 13.2 Å². The highest BCUT2D eigenvalue weighted by Gasteiger charge is 2.32. The molecule has 2 N–H and O–H groups in total. The van der Waals surface area contributed by atoms with Gasteiger partial charge in [-0.05, 0) is 63.7 Å². The lowest BCUT2D eigenvalue weighted by molar-refractivity contribution is -0.148. The molecular weight excluding hydrogens is 369 g/mol. The Bertz CT molecular complexity index is 567. The average Bonchev–Trinajstić information content (AvgIpc) is 3.15. The molecule has 0 amide bonds. The Labute approximate surface area is 165 Å². The van der Waals surface area contributed by atoms with Gasteiger partial charge in [-0.15, -0.1) is 0 Å². The summed E-state index contributed by atoms with van der Waals surface area (Å²) in [5.74, 6) is 2.16. The zero-order valence-electron chi connectivity index (χ0n) is 16.9. The van der Waals surface area contributed by atoms with Gasteiger partial charge in [0.15, 0.2) is 5.96 Å². The number of guanidine groups is 1. The fourth-order valence-corrected chi connectivity index (χ4v) is 3.29. The summed E-state index contributed by atoms with van der Waals surface area (Å²) < 4.78 is 42.8. The molecule has 160 valence electrons. The van der Waals surface area contributed by atoms with Crippen molar-refractivity contribution in [2.24, 2.45) is 10.9 Å². The second-order valence-electron chi connectivity index (χ2n) is 7.56. The molecule has 2 rings (SSSR count). The molecule has 0 aromatic carbocycles. The first-order valence-corrected chi connectivity index (χ1v) is 10.2. The van der Waals surface area contributed by atoms with Crippen molar-refractivity contribution in [1.29, 1.82) is 0 Å². The van der Waals surface area contributed by atoms with E-state index in [-0.39, 0.29) is 0 Å². The van der Waals surface area contributed by atoms with E-state index in [9.17, 15) is 13.2 Å². The van der Waals surface area contributed by atoms with Crippen LogP contribution in [-0.4, -0.2) is 55.8 Å². The van der Waals surface area contributed by atoms with Gasteiger partial charge in [0.1, 0.15) is 5.76 Å².